The summed E-state index contributed by atoms with van der Waals surface area (Å²) >= 11 is 0. The monoisotopic (exact) mass is 842 g/mol. The van der Waals surface area contributed by atoms with E-state index in [0.29, 0.717) is 17.7 Å². The van der Waals surface area contributed by atoms with Crippen LogP contribution in [-0.4, -0.2) is 28.7 Å². The zero-order chi connectivity index (χ0) is 42.7. The lowest BCUT2D eigenvalue weighted by Crippen LogP contribution is -2.43. The molecule has 6 heteroatoms. The molecule has 2 spiro atoms. The molecule has 0 aliphatic heterocycles. The van der Waals surface area contributed by atoms with Gasteiger partial charge >= 0.3 is 0 Å². The van der Waals surface area contributed by atoms with Crippen molar-refractivity contribution < 1.29 is 0 Å². The van der Waals surface area contributed by atoms with Gasteiger partial charge in [0.05, 0.1) is 38.8 Å². The number of nitrogens with zero attached hydrogens (tertiary/aromatic N) is 6. The summed E-state index contributed by atoms with van der Waals surface area (Å²) in [5.74, 6) is 1.93. The maximum atomic E-state index is 5.75. The van der Waals surface area contributed by atoms with Crippen LogP contribution in [0.1, 0.15) is 88.2 Å². The Hall–Kier alpha value is -7.05. The molecular formula is C59H50N6. The molecule has 0 amide bonds. The largest absolute Gasteiger partial charge is 0.308 e. The molecule has 0 saturated heterocycles. The van der Waals surface area contributed by atoms with Crippen molar-refractivity contribution in [2.24, 2.45) is 0 Å². The zero-order valence-corrected chi connectivity index (χ0v) is 36.7. The van der Waals surface area contributed by atoms with Gasteiger partial charge in [-0.3, -0.25) is 9.13 Å². The molecule has 0 atom stereocenters. The number of para-hydroxylation sites is 6. The van der Waals surface area contributed by atoms with Gasteiger partial charge < -0.3 is 4.57 Å². The van der Waals surface area contributed by atoms with E-state index in [1.54, 1.807) is 11.1 Å². The summed E-state index contributed by atoms with van der Waals surface area (Å²) in [6.45, 7) is 0. The van der Waals surface area contributed by atoms with Gasteiger partial charge in [0, 0.05) is 37.9 Å². The van der Waals surface area contributed by atoms with Gasteiger partial charge in [-0.25, -0.2) is 0 Å². The third kappa shape index (κ3) is 5.43. The molecule has 14 rings (SSSR count). The fourth-order valence-corrected chi connectivity index (χ4v) is 13.2. The van der Waals surface area contributed by atoms with Gasteiger partial charge in [0.2, 0.25) is 11.9 Å². The second-order valence-electron chi connectivity index (χ2n) is 19.5. The minimum atomic E-state index is 0.155. The lowest BCUT2D eigenvalue weighted by Gasteiger charge is -2.51. The molecule has 0 radical (unpaired) electrons. The third-order valence-electron chi connectivity index (χ3n) is 16.2. The highest BCUT2D eigenvalue weighted by atomic mass is 15.3. The predicted octanol–water partition coefficient (Wildman–Crippen LogP) is 15.0. The van der Waals surface area contributed by atoms with Crippen molar-refractivity contribution in [2.75, 3.05) is 0 Å². The number of hydrogen-bond acceptors (Lipinski definition) is 3. The topological polar surface area (TPSA) is 53.5 Å². The average Bonchev–Trinajstić information content (AvgIpc) is 4.02. The molecule has 2 saturated carbocycles. The van der Waals surface area contributed by atoms with Crippen molar-refractivity contribution in [2.45, 2.75) is 87.9 Å². The summed E-state index contributed by atoms with van der Waals surface area (Å²) in [6.07, 6.45) is 15.4. The molecule has 3 aliphatic carbocycles. The third-order valence-corrected chi connectivity index (χ3v) is 16.2. The van der Waals surface area contributed by atoms with Crippen LogP contribution in [-0.2, 0) is 10.8 Å². The molecule has 11 aromatic rings. The van der Waals surface area contributed by atoms with Crippen LogP contribution in [0.2, 0.25) is 0 Å². The quantitative estimate of drug-likeness (QED) is 0.177. The summed E-state index contributed by atoms with van der Waals surface area (Å²) in [6, 6.07) is 58.0. The Morgan fingerprint density at radius 2 is 0.646 bits per heavy atom. The van der Waals surface area contributed by atoms with Crippen molar-refractivity contribution >= 4 is 65.4 Å². The Morgan fingerprint density at radius 1 is 0.323 bits per heavy atom. The van der Waals surface area contributed by atoms with Crippen LogP contribution in [0.25, 0.3) is 94.4 Å². The summed E-state index contributed by atoms with van der Waals surface area (Å²) in [5.41, 5.74) is 12.5. The molecule has 65 heavy (non-hydrogen) atoms. The maximum absolute atomic E-state index is 5.75. The highest BCUT2D eigenvalue weighted by Gasteiger charge is 2.48. The molecule has 0 unspecified atom stereocenters. The number of benzene rings is 7. The van der Waals surface area contributed by atoms with Gasteiger partial charge in [0.25, 0.3) is 0 Å². The highest BCUT2D eigenvalue weighted by molar-refractivity contribution is 6.11. The molecule has 7 aromatic carbocycles. The Balaban J connectivity index is 1.15. The number of hydrogen-bond donors (Lipinski definition) is 0. The average molecular weight is 843 g/mol. The molecule has 4 aromatic heterocycles. The summed E-state index contributed by atoms with van der Waals surface area (Å²) in [4.78, 5) is 17.1. The fraction of sp³-hybridized carbons (Fsp3) is 0.237. The molecule has 3 aliphatic rings. The van der Waals surface area contributed by atoms with E-state index < -0.39 is 0 Å². The minimum Gasteiger partial charge on any atom is -0.308 e. The van der Waals surface area contributed by atoms with Crippen LogP contribution in [0.4, 0.5) is 0 Å². The van der Waals surface area contributed by atoms with Crippen LogP contribution < -0.4 is 0 Å². The first-order valence-electron chi connectivity index (χ1n) is 24.1. The van der Waals surface area contributed by atoms with E-state index in [4.69, 9.17) is 15.0 Å². The Morgan fingerprint density at radius 3 is 1.02 bits per heavy atom. The van der Waals surface area contributed by atoms with Crippen LogP contribution in [0.5, 0.6) is 0 Å². The van der Waals surface area contributed by atoms with E-state index in [-0.39, 0.29) is 10.8 Å². The normalized spacial score (nSPS) is 17.0. The number of aromatic nitrogens is 6. The first-order valence-corrected chi connectivity index (χ1v) is 24.1. The Kier molecular flexibility index (Phi) is 8.17. The summed E-state index contributed by atoms with van der Waals surface area (Å²) in [7, 11) is 0. The first-order chi connectivity index (χ1) is 32.2. The van der Waals surface area contributed by atoms with E-state index in [1.165, 1.54) is 120 Å². The van der Waals surface area contributed by atoms with Crippen molar-refractivity contribution in [3.8, 4) is 29.0 Å². The van der Waals surface area contributed by atoms with Crippen molar-refractivity contribution in [3.63, 3.8) is 0 Å². The van der Waals surface area contributed by atoms with Crippen LogP contribution >= 0.6 is 0 Å². The van der Waals surface area contributed by atoms with E-state index in [1.807, 2.05) is 0 Å². The SMILES string of the molecule is c1ccc2c(c1)c1ccccc1n2-c1nc(-c2cc3c(cc2-n2c4ccccc4c4ccccc42)C2(CCCCC2)CCC32CCCCC2)nc(-n2c3ccccc3c3ccccc32)n1. The second kappa shape index (κ2) is 14.2. The fourth-order valence-electron chi connectivity index (χ4n) is 13.2. The lowest BCUT2D eigenvalue weighted by atomic mass is 9.53. The van der Waals surface area contributed by atoms with E-state index in [2.05, 4.69) is 171 Å². The molecule has 0 bridgehead atoms. The van der Waals surface area contributed by atoms with Crippen molar-refractivity contribution in [1.29, 1.82) is 0 Å². The van der Waals surface area contributed by atoms with E-state index in [9.17, 15) is 0 Å². The van der Waals surface area contributed by atoms with Gasteiger partial charge in [-0.1, -0.05) is 148 Å². The maximum Gasteiger partial charge on any atom is 0.240 e. The number of rotatable bonds is 4. The van der Waals surface area contributed by atoms with E-state index in [0.717, 1.165) is 33.3 Å². The number of fused-ring (bicyclic) bond motifs is 12. The van der Waals surface area contributed by atoms with Gasteiger partial charge in [0.15, 0.2) is 5.82 Å². The molecule has 316 valence electrons. The molecular weight excluding hydrogens is 793 g/mol. The van der Waals surface area contributed by atoms with Crippen molar-refractivity contribution in [1.82, 2.24) is 28.7 Å². The second-order valence-corrected chi connectivity index (χ2v) is 19.5. The van der Waals surface area contributed by atoms with Crippen LogP contribution in [0.15, 0.2) is 158 Å². The van der Waals surface area contributed by atoms with Gasteiger partial charge in [-0.2, -0.15) is 15.0 Å². The molecule has 6 nitrogen and oxygen atoms in total. The summed E-state index contributed by atoms with van der Waals surface area (Å²) < 4.78 is 7.08. The molecule has 2 fully saturated rings. The smallest absolute Gasteiger partial charge is 0.240 e. The standard InChI is InChI=1S/C59H50N6/c1-15-31-58(32-16-1)35-36-59(33-17-2-18-34-59)47-38-54(63-48-25-9-3-19-39(48)40-20-4-10-26-49(40)63)45(37-46(47)58)55-60-56(64-50-27-11-5-21-41(50)42-22-6-12-28-51(42)64)62-57(61-55)65-52-29-13-7-23-43(52)44-24-8-14-30-53(44)65/h3-14,19-30,37-38H,1-2,15-18,31-36H2. The van der Waals surface area contributed by atoms with Crippen molar-refractivity contribution in [3.05, 3.63) is 169 Å². The summed E-state index contributed by atoms with van der Waals surface area (Å²) in [5, 5.41) is 7.24. The first kappa shape index (κ1) is 37.3. The Bertz CT molecular complexity index is 3410. The van der Waals surface area contributed by atoms with Gasteiger partial charge in [-0.15, -0.1) is 0 Å². The highest BCUT2D eigenvalue weighted by Crippen LogP contribution is 2.58. The van der Waals surface area contributed by atoms with E-state index >= 15 is 0 Å². The lowest BCUT2D eigenvalue weighted by molar-refractivity contribution is 0.175. The van der Waals surface area contributed by atoms with Gasteiger partial charge in [-0.05, 0) is 109 Å². The van der Waals surface area contributed by atoms with Crippen LogP contribution in [0, 0.1) is 0 Å². The predicted molar refractivity (Wildman–Crippen MR) is 267 cm³/mol. The zero-order valence-electron chi connectivity index (χ0n) is 36.7. The molecule has 4 heterocycles. The minimum absolute atomic E-state index is 0.155. The Labute approximate surface area is 378 Å². The molecule has 0 N–H and O–H groups in total. The van der Waals surface area contributed by atoms with Crippen LogP contribution in [0.3, 0.4) is 0 Å². The van der Waals surface area contributed by atoms with Gasteiger partial charge in [0.1, 0.15) is 0 Å².